The van der Waals surface area contributed by atoms with Gasteiger partial charge in [-0.05, 0) is 35.4 Å². The van der Waals surface area contributed by atoms with E-state index in [1.807, 2.05) is 0 Å². The first-order valence-corrected chi connectivity index (χ1v) is 9.95. The van der Waals surface area contributed by atoms with E-state index in [1.54, 1.807) is 36.4 Å². The summed E-state index contributed by atoms with van der Waals surface area (Å²) in [5, 5.41) is 0.526. The van der Waals surface area contributed by atoms with Crippen molar-refractivity contribution in [2.24, 2.45) is 0 Å². The first-order chi connectivity index (χ1) is 10.9. The normalized spacial score (nSPS) is 13.8. The van der Waals surface area contributed by atoms with E-state index >= 15 is 0 Å². The third-order valence-corrected chi connectivity index (χ3v) is 5.86. The maximum atomic E-state index is 12.5. The Bertz CT molecular complexity index is 836. The Balaban J connectivity index is 1.83. The number of halogens is 2. The highest BCUT2D eigenvalue weighted by Gasteiger charge is 2.20. The molecular weight excluding hydrogens is 404 g/mol. The molecule has 4 nitrogen and oxygen atoms in total. The van der Waals surface area contributed by atoms with Crippen LogP contribution in [0.5, 0.6) is 11.5 Å². The van der Waals surface area contributed by atoms with E-state index in [1.165, 1.54) is 0 Å². The maximum absolute atomic E-state index is 12.5. The van der Waals surface area contributed by atoms with Gasteiger partial charge < -0.3 is 9.47 Å². The molecule has 0 saturated heterocycles. The lowest BCUT2D eigenvalue weighted by Gasteiger charge is -2.20. The Hall–Kier alpha value is -1.24. The predicted molar refractivity (Wildman–Crippen MR) is 92.9 cm³/mol. The fourth-order valence-electron chi connectivity index (χ4n) is 2.39. The lowest BCUT2D eigenvalue weighted by molar-refractivity contribution is 0.171. The first-order valence-electron chi connectivity index (χ1n) is 6.96. The summed E-state index contributed by atoms with van der Waals surface area (Å²) >= 11 is 9.31. The number of ether oxygens (including phenoxy) is 2. The lowest BCUT2D eigenvalue weighted by atomic mass is 10.2. The summed E-state index contributed by atoms with van der Waals surface area (Å²) < 4.78 is 36.6. The van der Waals surface area contributed by atoms with Crippen LogP contribution in [0.15, 0.2) is 40.9 Å². The number of rotatable bonds is 4. The molecule has 0 amide bonds. The molecule has 0 saturated carbocycles. The summed E-state index contributed by atoms with van der Waals surface area (Å²) in [5.41, 5.74) is 1.32. The second kappa shape index (κ2) is 6.71. The minimum Gasteiger partial charge on any atom is -0.486 e. The zero-order chi connectivity index (χ0) is 16.4. The minimum atomic E-state index is -3.34. The molecule has 23 heavy (non-hydrogen) atoms. The van der Waals surface area contributed by atoms with E-state index < -0.39 is 9.84 Å². The van der Waals surface area contributed by atoms with Gasteiger partial charge >= 0.3 is 0 Å². The van der Waals surface area contributed by atoms with E-state index in [0.29, 0.717) is 45.3 Å². The van der Waals surface area contributed by atoms with Crippen LogP contribution in [0.1, 0.15) is 11.1 Å². The molecule has 1 aliphatic rings. The number of benzene rings is 2. The number of fused-ring (bicyclic) bond motifs is 1. The Morgan fingerprint density at radius 1 is 1.04 bits per heavy atom. The van der Waals surface area contributed by atoms with Crippen LogP contribution in [-0.4, -0.2) is 21.6 Å². The van der Waals surface area contributed by atoms with E-state index in [-0.39, 0.29) is 11.5 Å². The largest absolute Gasteiger partial charge is 0.486 e. The molecule has 0 fully saturated rings. The predicted octanol–water partition coefficient (Wildman–Crippen LogP) is 3.99. The molecule has 122 valence electrons. The molecule has 0 aliphatic carbocycles. The van der Waals surface area contributed by atoms with Gasteiger partial charge in [-0.2, -0.15) is 0 Å². The monoisotopic (exact) mass is 416 g/mol. The van der Waals surface area contributed by atoms with Gasteiger partial charge in [0.1, 0.15) is 13.2 Å². The summed E-state index contributed by atoms with van der Waals surface area (Å²) in [6.45, 7) is 0.954. The fraction of sp³-hybridized carbons (Fsp3) is 0.250. The zero-order valence-corrected chi connectivity index (χ0v) is 15.2. The summed E-state index contributed by atoms with van der Waals surface area (Å²) in [7, 11) is -3.34. The number of hydrogen-bond acceptors (Lipinski definition) is 4. The highest BCUT2D eigenvalue weighted by molar-refractivity contribution is 9.10. The topological polar surface area (TPSA) is 52.6 Å². The molecule has 0 radical (unpaired) electrons. The van der Waals surface area contributed by atoms with E-state index in [4.69, 9.17) is 21.1 Å². The molecule has 2 aromatic rings. The van der Waals surface area contributed by atoms with E-state index in [2.05, 4.69) is 15.9 Å². The summed E-state index contributed by atoms with van der Waals surface area (Å²) in [6, 6.07) is 10.3. The highest BCUT2D eigenvalue weighted by Crippen LogP contribution is 2.36. The Morgan fingerprint density at radius 2 is 1.74 bits per heavy atom. The van der Waals surface area contributed by atoms with Gasteiger partial charge in [0.15, 0.2) is 21.3 Å². The summed E-state index contributed by atoms with van der Waals surface area (Å²) in [5.74, 6) is 1.05. The van der Waals surface area contributed by atoms with Gasteiger partial charge in [0, 0.05) is 9.50 Å². The van der Waals surface area contributed by atoms with Gasteiger partial charge in [0.05, 0.1) is 11.5 Å². The number of sulfone groups is 1. The summed E-state index contributed by atoms with van der Waals surface area (Å²) in [4.78, 5) is 0. The third kappa shape index (κ3) is 4.19. The molecule has 2 aromatic carbocycles. The van der Waals surface area contributed by atoms with Gasteiger partial charge in [0.2, 0.25) is 0 Å². The summed E-state index contributed by atoms with van der Waals surface area (Å²) in [6.07, 6.45) is 0. The van der Waals surface area contributed by atoms with Crippen LogP contribution in [0.2, 0.25) is 5.02 Å². The SMILES string of the molecule is O=S(=O)(Cc1cccc(Cl)c1)Cc1cc2c(cc1Br)OCCO2. The van der Waals surface area contributed by atoms with Gasteiger partial charge in [-0.3, -0.25) is 0 Å². The maximum Gasteiger partial charge on any atom is 0.162 e. The first kappa shape index (κ1) is 16.6. The van der Waals surface area contributed by atoms with Crippen molar-refractivity contribution in [3.63, 3.8) is 0 Å². The average Bonchev–Trinajstić information content (AvgIpc) is 2.47. The molecule has 1 aliphatic heterocycles. The van der Waals surface area contributed by atoms with Gasteiger partial charge in [-0.25, -0.2) is 8.42 Å². The average molecular weight is 418 g/mol. The second-order valence-corrected chi connectivity index (χ2v) is 8.60. The smallest absolute Gasteiger partial charge is 0.162 e. The molecule has 1 heterocycles. The van der Waals surface area contributed by atoms with Crippen molar-refractivity contribution < 1.29 is 17.9 Å². The molecule has 0 unspecified atom stereocenters. The van der Waals surface area contributed by atoms with Crippen molar-refractivity contribution >= 4 is 37.4 Å². The van der Waals surface area contributed by atoms with Gasteiger partial charge in [0.25, 0.3) is 0 Å². The molecular formula is C16H14BrClO4S. The van der Waals surface area contributed by atoms with Crippen LogP contribution in [0.25, 0.3) is 0 Å². The van der Waals surface area contributed by atoms with Crippen LogP contribution < -0.4 is 9.47 Å². The molecule has 7 heteroatoms. The van der Waals surface area contributed by atoms with Crippen molar-refractivity contribution in [2.45, 2.75) is 11.5 Å². The molecule has 0 aromatic heterocycles. The van der Waals surface area contributed by atoms with Crippen LogP contribution in [0.3, 0.4) is 0 Å². The second-order valence-electron chi connectivity index (χ2n) is 5.25. The fourth-order valence-corrected chi connectivity index (χ4v) is 4.75. The molecule has 0 spiro atoms. The van der Waals surface area contributed by atoms with Crippen LogP contribution in [-0.2, 0) is 21.3 Å². The van der Waals surface area contributed by atoms with Crippen LogP contribution in [0, 0.1) is 0 Å². The van der Waals surface area contributed by atoms with Crippen molar-refractivity contribution in [3.8, 4) is 11.5 Å². The minimum absolute atomic E-state index is 0.0611. The zero-order valence-electron chi connectivity index (χ0n) is 12.1. The van der Waals surface area contributed by atoms with Crippen molar-refractivity contribution in [1.82, 2.24) is 0 Å². The lowest BCUT2D eigenvalue weighted by Crippen LogP contribution is -2.16. The quantitative estimate of drug-likeness (QED) is 0.755. The van der Waals surface area contributed by atoms with Crippen molar-refractivity contribution in [1.29, 1.82) is 0 Å². The molecule has 0 atom stereocenters. The molecule has 0 N–H and O–H groups in total. The van der Waals surface area contributed by atoms with Gasteiger partial charge in [-0.15, -0.1) is 0 Å². The molecule has 3 rings (SSSR count). The van der Waals surface area contributed by atoms with Crippen LogP contribution >= 0.6 is 27.5 Å². The van der Waals surface area contributed by atoms with Crippen molar-refractivity contribution in [3.05, 3.63) is 57.0 Å². The van der Waals surface area contributed by atoms with Crippen molar-refractivity contribution in [2.75, 3.05) is 13.2 Å². The highest BCUT2D eigenvalue weighted by atomic mass is 79.9. The standard InChI is InChI=1S/C16H14BrClO4S/c17-14-8-16-15(21-4-5-22-16)7-12(14)10-23(19,20)9-11-2-1-3-13(18)6-11/h1-3,6-8H,4-5,9-10H2. The Labute approximate surface area is 148 Å². The van der Waals surface area contributed by atoms with Crippen LogP contribution in [0.4, 0.5) is 0 Å². The Morgan fingerprint density at radius 3 is 2.43 bits per heavy atom. The number of hydrogen-bond donors (Lipinski definition) is 0. The Kier molecular flexibility index (Phi) is 4.85. The molecule has 0 bridgehead atoms. The third-order valence-electron chi connectivity index (χ3n) is 3.36. The van der Waals surface area contributed by atoms with E-state index in [9.17, 15) is 8.42 Å². The van der Waals surface area contributed by atoms with E-state index in [0.717, 1.165) is 0 Å². The van der Waals surface area contributed by atoms with Gasteiger partial charge in [-0.1, -0.05) is 39.7 Å².